The molecule has 0 amide bonds. The molecule has 3 aliphatic rings. The summed E-state index contributed by atoms with van der Waals surface area (Å²) in [5, 5.41) is 18.9. The molecule has 6 rings (SSSR count). The van der Waals surface area contributed by atoms with Gasteiger partial charge in [0.15, 0.2) is 0 Å². The van der Waals surface area contributed by atoms with Gasteiger partial charge in [-0.1, -0.05) is 55.5 Å². The molecule has 4 nitrogen and oxygen atoms in total. The number of fused-ring (bicyclic) bond motifs is 5. The van der Waals surface area contributed by atoms with Crippen molar-refractivity contribution in [1.29, 1.82) is 10.5 Å². The average molecular weight is 490 g/mol. The Morgan fingerprint density at radius 3 is 2.19 bits per heavy atom. The van der Waals surface area contributed by atoms with Crippen molar-refractivity contribution >= 4 is 17.0 Å². The van der Waals surface area contributed by atoms with E-state index in [1.54, 1.807) is 0 Å². The van der Waals surface area contributed by atoms with E-state index in [-0.39, 0.29) is 0 Å². The molecular formula is C30H17F3N4. The van der Waals surface area contributed by atoms with Gasteiger partial charge in [0.25, 0.3) is 0 Å². The average Bonchev–Trinajstić information content (AvgIpc) is 3.31. The van der Waals surface area contributed by atoms with E-state index in [1.165, 1.54) is 12.1 Å². The summed E-state index contributed by atoms with van der Waals surface area (Å²) in [5.74, 6) is 0. The first-order chi connectivity index (χ1) is 17.8. The molecule has 1 unspecified atom stereocenters. The number of rotatable bonds is 1. The summed E-state index contributed by atoms with van der Waals surface area (Å²) >= 11 is 0. The third kappa shape index (κ3) is 3.28. The van der Waals surface area contributed by atoms with Crippen LogP contribution in [0.4, 0.5) is 13.2 Å². The molecule has 0 saturated carbocycles. The highest BCUT2D eigenvalue weighted by molar-refractivity contribution is 6.29. The number of nitriles is 2. The molecule has 3 aromatic carbocycles. The Morgan fingerprint density at radius 1 is 0.811 bits per heavy atom. The van der Waals surface area contributed by atoms with Gasteiger partial charge in [-0.2, -0.15) is 33.7 Å². The number of hydrogen-bond acceptors (Lipinski definition) is 4. The Bertz CT molecular complexity index is 1710. The van der Waals surface area contributed by atoms with Gasteiger partial charge in [0.1, 0.15) is 0 Å². The van der Waals surface area contributed by atoms with Crippen LogP contribution in [-0.4, -0.2) is 11.4 Å². The normalized spacial score (nSPS) is 21.6. The minimum Gasteiger partial charge on any atom is -0.173 e. The standard InChI is InChI=1S/C30H17F3N4/c1-29-14-24-22(13-26(29)28(37-16-35)21-4-2-3-5-25(21)29)20-11-8-18(12-23(20)27(24)36-15-34)17-6-9-19(10-7-17)30(31,32)33/h2-13H,14H2,1H3/b36-27+,37-28+. The maximum atomic E-state index is 13.0. The first kappa shape index (κ1) is 22.7. The Balaban J connectivity index is 1.49. The summed E-state index contributed by atoms with van der Waals surface area (Å²) in [7, 11) is 0. The molecule has 0 bridgehead atoms. The van der Waals surface area contributed by atoms with Crippen LogP contribution in [0.5, 0.6) is 0 Å². The van der Waals surface area contributed by atoms with Gasteiger partial charge in [-0.3, -0.25) is 0 Å². The molecular weight excluding hydrogens is 473 g/mol. The van der Waals surface area contributed by atoms with Crippen molar-refractivity contribution in [2.75, 3.05) is 0 Å². The van der Waals surface area contributed by atoms with Gasteiger partial charge in [0.05, 0.1) is 17.0 Å². The molecule has 0 radical (unpaired) electrons. The molecule has 0 aliphatic heterocycles. The minimum absolute atomic E-state index is 0.445. The molecule has 1 atom stereocenters. The lowest BCUT2D eigenvalue weighted by molar-refractivity contribution is -0.137. The number of allylic oxidation sites excluding steroid dienone is 4. The number of alkyl halides is 3. The quantitative estimate of drug-likeness (QED) is 0.345. The van der Waals surface area contributed by atoms with Crippen molar-refractivity contribution in [1.82, 2.24) is 0 Å². The predicted octanol–water partition coefficient (Wildman–Crippen LogP) is 6.98. The second-order valence-corrected chi connectivity index (χ2v) is 9.46. The zero-order valence-corrected chi connectivity index (χ0v) is 19.6. The van der Waals surface area contributed by atoms with Crippen LogP contribution in [0.3, 0.4) is 0 Å². The lowest BCUT2D eigenvalue weighted by Crippen LogP contribution is -2.27. The van der Waals surface area contributed by atoms with Crippen LogP contribution in [-0.2, 0) is 11.6 Å². The van der Waals surface area contributed by atoms with Crippen LogP contribution >= 0.6 is 0 Å². The Labute approximate surface area is 211 Å². The second kappa shape index (κ2) is 7.88. The highest BCUT2D eigenvalue weighted by atomic mass is 19.4. The number of halogens is 3. The fraction of sp³-hybridized carbons (Fsp3) is 0.133. The van der Waals surface area contributed by atoms with Crippen molar-refractivity contribution < 1.29 is 13.2 Å². The van der Waals surface area contributed by atoms with E-state index >= 15 is 0 Å². The molecule has 0 spiro atoms. The monoisotopic (exact) mass is 490 g/mol. The Kier molecular flexibility index (Phi) is 4.83. The van der Waals surface area contributed by atoms with E-state index in [1.807, 2.05) is 60.9 Å². The van der Waals surface area contributed by atoms with E-state index in [4.69, 9.17) is 0 Å². The van der Waals surface area contributed by atoms with Gasteiger partial charge in [-0.15, -0.1) is 0 Å². The van der Waals surface area contributed by atoms with E-state index in [0.717, 1.165) is 56.7 Å². The fourth-order valence-electron chi connectivity index (χ4n) is 5.79. The summed E-state index contributed by atoms with van der Waals surface area (Å²) in [4.78, 5) is 8.36. The Morgan fingerprint density at radius 2 is 1.49 bits per heavy atom. The van der Waals surface area contributed by atoms with Crippen molar-refractivity contribution in [2.24, 2.45) is 9.98 Å². The molecule has 0 fully saturated rings. The first-order valence-corrected chi connectivity index (χ1v) is 11.6. The minimum atomic E-state index is -4.40. The second-order valence-electron chi connectivity index (χ2n) is 9.46. The number of hydrogen-bond donors (Lipinski definition) is 0. The fourth-order valence-corrected chi connectivity index (χ4v) is 5.79. The smallest absolute Gasteiger partial charge is 0.173 e. The highest BCUT2D eigenvalue weighted by Gasteiger charge is 2.48. The zero-order valence-electron chi connectivity index (χ0n) is 19.6. The molecule has 178 valence electrons. The summed E-state index contributed by atoms with van der Waals surface area (Å²) < 4.78 is 39.1. The number of nitrogens with zero attached hydrogens (tertiary/aromatic N) is 4. The van der Waals surface area contributed by atoms with Crippen molar-refractivity contribution in [3.8, 4) is 23.5 Å². The summed E-state index contributed by atoms with van der Waals surface area (Å²) in [5.41, 5.74) is 7.89. The zero-order chi connectivity index (χ0) is 25.9. The first-order valence-electron chi connectivity index (χ1n) is 11.6. The lowest BCUT2D eigenvalue weighted by Gasteiger charge is -2.32. The van der Waals surface area contributed by atoms with Gasteiger partial charge >= 0.3 is 6.18 Å². The van der Waals surface area contributed by atoms with Crippen molar-refractivity contribution in [3.63, 3.8) is 0 Å². The highest BCUT2D eigenvalue weighted by Crippen LogP contribution is 2.54. The van der Waals surface area contributed by atoms with Gasteiger partial charge in [-0.25, -0.2) is 0 Å². The maximum absolute atomic E-state index is 13.0. The van der Waals surface area contributed by atoms with E-state index < -0.39 is 17.2 Å². The maximum Gasteiger partial charge on any atom is 0.416 e. The van der Waals surface area contributed by atoms with Crippen molar-refractivity contribution in [2.45, 2.75) is 24.9 Å². The summed E-state index contributed by atoms with van der Waals surface area (Å²) in [6.07, 6.45) is 2.08. The topological polar surface area (TPSA) is 72.3 Å². The van der Waals surface area contributed by atoms with Gasteiger partial charge in [0.2, 0.25) is 12.4 Å². The van der Waals surface area contributed by atoms with Gasteiger partial charge in [-0.05, 0) is 69.7 Å². The van der Waals surface area contributed by atoms with Crippen LogP contribution in [0.15, 0.2) is 93.9 Å². The molecule has 3 aliphatic carbocycles. The van der Waals surface area contributed by atoms with Crippen molar-refractivity contribution in [3.05, 3.63) is 112 Å². The molecule has 3 aromatic rings. The third-order valence-corrected chi connectivity index (χ3v) is 7.49. The van der Waals surface area contributed by atoms with Crippen LogP contribution in [0.2, 0.25) is 0 Å². The SMILES string of the molecule is CC12CC3=C(C=C1/C(=N/C#N)c1ccccc12)c1ccc(-c2ccc(C(F)(F)F)cc2)cc1/C3=N\C#N. The van der Waals surface area contributed by atoms with E-state index in [2.05, 4.69) is 16.9 Å². The van der Waals surface area contributed by atoms with Gasteiger partial charge < -0.3 is 0 Å². The molecule has 0 aromatic heterocycles. The summed E-state index contributed by atoms with van der Waals surface area (Å²) in [6.45, 7) is 2.11. The number of benzene rings is 3. The third-order valence-electron chi connectivity index (χ3n) is 7.49. The van der Waals surface area contributed by atoms with E-state index in [0.29, 0.717) is 23.4 Å². The van der Waals surface area contributed by atoms with Crippen LogP contribution in [0.1, 0.15) is 41.2 Å². The Hall–Kier alpha value is -4.75. The van der Waals surface area contributed by atoms with Crippen LogP contribution in [0, 0.1) is 22.9 Å². The molecule has 37 heavy (non-hydrogen) atoms. The molecule has 0 N–H and O–H groups in total. The van der Waals surface area contributed by atoms with E-state index in [9.17, 15) is 23.7 Å². The summed E-state index contributed by atoms with van der Waals surface area (Å²) in [6, 6.07) is 18.6. The predicted molar refractivity (Wildman–Crippen MR) is 135 cm³/mol. The molecule has 0 saturated heterocycles. The number of aliphatic imine (C=N–C) groups is 2. The van der Waals surface area contributed by atoms with Crippen LogP contribution < -0.4 is 0 Å². The van der Waals surface area contributed by atoms with Crippen LogP contribution in [0.25, 0.3) is 16.7 Å². The molecule has 0 heterocycles. The lowest BCUT2D eigenvalue weighted by atomic mass is 9.71. The van der Waals surface area contributed by atoms with Gasteiger partial charge in [0, 0.05) is 16.5 Å². The largest absolute Gasteiger partial charge is 0.416 e. The molecule has 7 heteroatoms.